The Morgan fingerprint density at radius 3 is 2.80 bits per heavy atom. The van der Waals surface area contributed by atoms with Crippen molar-refractivity contribution in [1.82, 2.24) is 4.90 Å². The first-order valence-electron chi connectivity index (χ1n) is 6.17. The van der Waals surface area contributed by atoms with Crippen molar-refractivity contribution in [3.05, 3.63) is 41.9 Å². The molecule has 0 spiro atoms. The second-order valence-corrected chi connectivity index (χ2v) is 5.83. The van der Waals surface area contributed by atoms with Crippen LogP contribution in [-0.2, 0) is 16.1 Å². The number of nitrogens with two attached hydrogens (primary N) is 1. The molecular formula is C13H13N3O3S. The van der Waals surface area contributed by atoms with Gasteiger partial charge in [0, 0.05) is 23.5 Å². The molecule has 1 fully saturated rings. The molecule has 0 bridgehead atoms. The van der Waals surface area contributed by atoms with E-state index in [9.17, 15) is 14.7 Å². The summed E-state index contributed by atoms with van der Waals surface area (Å²) in [6.45, 7) is 0.420. The third-order valence-electron chi connectivity index (χ3n) is 3.43. The van der Waals surface area contributed by atoms with E-state index < -0.39 is 12.0 Å². The smallest absolute Gasteiger partial charge is 0.248 e. The van der Waals surface area contributed by atoms with Crippen LogP contribution in [0.3, 0.4) is 0 Å². The van der Waals surface area contributed by atoms with Gasteiger partial charge in [-0.25, -0.2) is 4.57 Å². The molecule has 3 heterocycles. The number of hydrogen-bond donors (Lipinski definition) is 1. The van der Waals surface area contributed by atoms with Crippen LogP contribution in [-0.4, -0.2) is 33.9 Å². The van der Waals surface area contributed by atoms with Gasteiger partial charge >= 0.3 is 0 Å². The van der Waals surface area contributed by atoms with Crippen LogP contribution in [0.1, 0.15) is 0 Å². The molecule has 0 radical (unpaired) electrons. The first-order chi connectivity index (χ1) is 9.59. The monoisotopic (exact) mass is 291 g/mol. The molecule has 1 aromatic heterocycles. The zero-order chi connectivity index (χ0) is 14.3. The number of aliphatic carboxylic acids is 1. The Morgan fingerprint density at radius 1 is 1.45 bits per heavy atom. The normalized spacial score (nSPS) is 25.2. The Bertz CT molecular complexity index is 602. The van der Waals surface area contributed by atoms with E-state index in [4.69, 9.17) is 5.73 Å². The lowest BCUT2D eigenvalue weighted by Gasteiger charge is -2.49. The summed E-state index contributed by atoms with van der Waals surface area (Å²) in [5.41, 5.74) is 6.34. The van der Waals surface area contributed by atoms with Gasteiger partial charge in [-0.3, -0.25) is 9.69 Å². The fraction of sp³-hybridized carbons (Fsp3) is 0.308. The predicted molar refractivity (Wildman–Crippen MR) is 69.7 cm³/mol. The molecule has 2 atom stereocenters. The number of hydrogen-bond acceptors (Lipinski definition) is 5. The standard InChI is InChI=1S/C13H13N3O3S/c14-9-11(17)16-10(13(18)19)8(7-20-12(9)16)6-15-4-2-1-3-5-15/h1-5,9,12H,6-7,14H2/t9-,12+/m1/s1. The highest BCUT2D eigenvalue weighted by molar-refractivity contribution is 8.00. The van der Waals surface area contributed by atoms with E-state index in [0.29, 0.717) is 17.9 Å². The number of aromatic nitrogens is 1. The number of pyridine rings is 1. The SMILES string of the molecule is N[C@@H]1C(=O)N2C(C(=O)[O-])=C(C[n+]3ccccc3)CS[C@@H]12. The molecule has 3 rings (SSSR count). The quantitative estimate of drug-likeness (QED) is 0.525. The summed E-state index contributed by atoms with van der Waals surface area (Å²) in [5, 5.41) is 11.1. The van der Waals surface area contributed by atoms with Crippen molar-refractivity contribution < 1.29 is 19.3 Å². The number of carbonyl (C=O) groups is 2. The fourth-order valence-corrected chi connectivity index (χ4v) is 3.73. The van der Waals surface area contributed by atoms with Crippen molar-refractivity contribution in [3.8, 4) is 0 Å². The molecule has 2 aliphatic heterocycles. The number of carboxylic acid groups (broad SMARTS) is 1. The molecule has 0 aliphatic carbocycles. The van der Waals surface area contributed by atoms with Crippen LogP contribution in [0, 0.1) is 0 Å². The van der Waals surface area contributed by atoms with Crippen LogP contribution in [0.25, 0.3) is 0 Å². The second kappa shape index (κ2) is 4.92. The average Bonchev–Trinajstić information content (AvgIpc) is 2.46. The van der Waals surface area contributed by atoms with Gasteiger partial charge in [0.25, 0.3) is 0 Å². The zero-order valence-corrected chi connectivity index (χ0v) is 11.4. The number of carbonyl (C=O) groups excluding carboxylic acids is 2. The molecule has 2 N–H and O–H groups in total. The molecule has 104 valence electrons. The van der Waals surface area contributed by atoms with Gasteiger partial charge in [0.15, 0.2) is 18.9 Å². The van der Waals surface area contributed by atoms with E-state index in [1.807, 2.05) is 35.2 Å². The molecule has 1 saturated heterocycles. The van der Waals surface area contributed by atoms with Gasteiger partial charge in [0.2, 0.25) is 5.91 Å². The minimum atomic E-state index is -1.32. The van der Waals surface area contributed by atoms with E-state index in [0.717, 1.165) is 0 Å². The zero-order valence-electron chi connectivity index (χ0n) is 10.6. The van der Waals surface area contributed by atoms with Crippen molar-refractivity contribution in [1.29, 1.82) is 0 Å². The molecule has 0 saturated carbocycles. The lowest BCUT2D eigenvalue weighted by atomic mass is 10.0. The van der Waals surface area contributed by atoms with Gasteiger partial charge in [-0.15, -0.1) is 11.8 Å². The lowest BCUT2D eigenvalue weighted by Crippen LogP contribution is -2.69. The third-order valence-corrected chi connectivity index (χ3v) is 4.79. The van der Waals surface area contributed by atoms with Crippen LogP contribution in [0.5, 0.6) is 0 Å². The van der Waals surface area contributed by atoms with E-state index in [2.05, 4.69) is 0 Å². The van der Waals surface area contributed by atoms with Crippen LogP contribution in [0.2, 0.25) is 0 Å². The minimum Gasteiger partial charge on any atom is -0.543 e. The van der Waals surface area contributed by atoms with Gasteiger partial charge in [-0.2, -0.15) is 0 Å². The second-order valence-electron chi connectivity index (χ2n) is 4.72. The van der Waals surface area contributed by atoms with Crippen LogP contribution in [0.15, 0.2) is 41.9 Å². The van der Waals surface area contributed by atoms with Gasteiger partial charge in [0.05, 0.1) is 11.7 Å². The van der Waals surface area contributed by atoms with Gasteiger partial charge in [0.1, 0.15) is 11.4 Å². The van der Waals surface area contributed by atoms with Crippen molar-refractivity contribution in [2.45, 2.75) is 18.0 Å². The maximum absolute atomic E-state index is 11.8. The molecule has 1 amide bonds. The molecule has 1 aromatic rings. The Labute approximate surface area is 119 Å². The Hall–Kier alpha value is -1.86. The third kappa shape index (κ3) is 1.99. The van der Waals surface area contributed by atoms with Crippen LogP contribution in [0.4, 0.5) is 0 Å². The van der Waals surface area contributed by atoms with E-state index in [1.165, 1.54) is 16.7 Å². The van der Waals surface area contributed by atoms with Gasteiger partial charge < -0.3 is 15.6 Å². The minimum absolute atomic E-state index is 0.0168. The van der Waals surface area contributed by atoms with Crippen molar-refractivity contribution >= 4 is 23.6 Å². The summed E-state index contributed by atoms with van der Waals surface area (Å²) in [6, 6.07) is 5.00. The van der Waals surface area contributed by atoms with Gasteiger partial charge in [-0.05, 0) is 0 Å². The summed E-state index contributed by atoms with van der Waals surface area (Å²) in [6.07, 6.45) is 3.70. The number of fused-ring (bicyclic) bond motifs is 1. The van der Waals surface area contributed by atoms with E-state index >= 15 is 0 Å². The fourth-order valence-electron chi connectivity index (χ4n) is 2.45. The Balaban J connectivity index is 1.94. The largest absolute Gasteiger partial charge is 0.543 e. The molecule has 2 aliphatic rings. The van der Waals surface area contributed by atoms with Crippen molar-refractivity contribution in [2.24, 2.45) is 5.73 Å². The number of amides is 1. The number of rotatable bonds is 3. The number of β-lactam (4-membered cyclic amide) rings is 1. The lowest BCUT2D eigenvalue weighted by molar-refractivity contribution is -0.689. The maximum Gasteiger partial charge on any atom is 0.248 e. The highest BCUT2D eigenvalue weighted by Crippen LogP contribution is 2.39. The molecule has 0 unspecified atom stereocenters. The molecule has 20 heavy (non-hydrogen) atoms. The molecule has 7 heteroatoms. The van der Waals surface area contributed by atoms with Crippen molar-refractivity contribution in [3.63, 3.8) is 0 Å². The van der Waals surface area contributed by atoms with E-state index in [-0.39, 0.29) is 17.0 Å². The Morgan fingerprint density at radius 2 is 2.15 bits per heavy atom. The first-order valence-corrected chi connectivity index (χ1v) is 7.22. The molecule has 6 nitrogen and oxygen atoms in total. The topological polar surface area (TPSA) is 90.3 Å². The van der Waals surface area contributed by atoms with Gasteiger partial charge in [-0.1, -0.05) is 6.07 Å². The predicted octanol–water partition coefficient (Wildman–Crippen LogP) is -1.78. The number of thioether (sulfide) groups is 1. The summed E-state index contributed by atoms with van der Waals surface area (Å²) >= 11 is 1.49. The molecular weight excluding hydrogens is 278 g/mol. The number of nitrogens with zero attached hydrogens (tertiary/aromatic N) is 2. The highest BCUT2D eigenvalue weighted by atomic mass is 32.2. The number of carboxylic acids is 1. The maximum atomic E-state index is 11.8. The Kier molecular flexibility index (Phi) is 3.23. The van der Waals surface area contributed by atoms with Crippen molar-refractivity contribution in [2.75, 3.05) is 5.75 Å². The summed E-state index contributed by atoms with van der Waals surface area (Å²) in [7, 11) is 0. The molecule has 0 aromatic carbocycles. The average molecular weight is 291 g/mol. The summed E-state index contributed by atoms with van der Waals surface area (Å²) < 4.78 is 1.86. The highest BCUT2D eigenvalue weighted by Gasteiger charge is 2.50. The van der Waals surface area contributed by atoms with E-state index in [1.54, 1.807) is 0 Å². The summed E-state index contributed by atoms with van der Waals surface area (Å²) in [5.74, 6) is -1.13. The first kappa shape index (κ1) is 13.1. The summed E-state index contributed by atoms with van der Waals surface area (Å²) in [4.78, 5) is 24.4. The van der Waals surface area contributed by atoms with Crippen LogP contribution < -0.4 is 15.4 Å². The van der Waals surface area contributed by atoms with Crippen LogP contribution >= 0.6 is 11.8 Å².